The van der Waals surface area contributed by atoms with Crippen LogP contribution >= 0.6 is 11.3 Å². The molecule has 0 bridgehead atoms. The molecule has 2 heterocycles. The quantitative estimate of drug-likeness (QED) is 0.188. The number of carbonyl (C=O) groups excluding carboxylic acids is 1. The van der Waals surface area contributed by atoms with Gasteiger partial charge in [0.1, 0.15) is 5.75 Å². The number of hydrogen-bond acceptors (Lipinski definition) is 5. The summed E-state index contributed by atoms with van der Waals surface area (Å²) in [6.45, 7) is 8.68. The van der Waals surface area contributed by atoms with Crippen LogP contribution in [0.4, 0.5) is 5.00 Å². The summed E-state index contributed by atoms with van der Waals surface area (Å²) in [5.41, 5.74) is 9.23. The lowest BCUT2D eigenvalue weighted by Gasteiger charge is -2.32. The van der Waals surface area contributed by atoms with E-state index in [0.29, 0.717) is 11.5 Å². The molecule has 2 N–H and O–H groups in total. The molecule has 2 aromatic carbocycles. The first-order valence-electron chi connectivity index (χ1n) is 13.9. The molecule has 1 aliphatic rings. The van der Waals surface area contributed by atoms with Crippen molar-refractivity contribution >= 4 is 32.2 Å². The molecule has 5 heteroatoms. The van der Waals surface area contributed by atoms with Gasteiger partial charge in [-0.25, -0.2) is 0 Å². The second-order valence-corrected chi connectivity index (χ2v) is 11.3. The van der Waals surface area contributed by atoms with Crippen LogP contribution in [-0.2, 0) is 0 Å². The number of fused-ring (bicyclic) bond motifs is 1. The smallest absolute Gasteiger partial charge is 0.193 e. The van der Waals surface area contributed by atoms with Crippen LogP contribution in [0.3, 0.4) is 0 Å². The van der Waals surface area contributed by atoms with Gasteiger partial charge < -0.3 is 15.4 Å². The Kier molecular flexibility index (Phi) is 9.82. The summed E-state index contributed by atoms with van der Waals surface area (Å²) in [7, 11) is 0. The van der Waals surface area contributed by atoms with Crippen molar-refractivity contribution in [1.29, 1.82) is 0 Å². The van der Waals surface area contributed by atoms with Gasteiger partial charge in [0.25, 0.3) is 0 Å². The first kappa shape index (κ1) is 26.7. The van der Waals surface area contributed by atoms with Crippen molar-refractivity contribution < 1.29 is 9.53 Å². The molecule has 3 aromatic rings. The van der Waals surface area contributed by atoms with Crippen LogP contribution in [0.25, 0.3) is 10.1 Å². The van der Waals surface area contributed by atoms with Crippen molar-refractivity contribution in [2.75, 3.05) is 32.0 Å². The zero-order valence-corrected chi connectivity index (χ0v) is 22.9. The number of piperidine rings is 1. The van der Waals surface area contributed by atoms with E-state index in [1.165, 1.54) is 60.7 Å². The molecule has 4 rings (SSSR count). The van der Waals surface area contributed by atoms with E-state index < -0.39 is 0 Å². The molecule has 0 amide bonds. The summed E-state index contributed by atoms with van der Waals surface area (Å²) < 4.78 is 7.02. The maximum Gasteiger partial charge on any atom is 0.193 e. The van der Waals surface area contributed by atoms with E-state index in [4.69, 9.17) is 10.5 Å². The summed E-state index contributed by atoms with van der Waals surface area (Å²) in [6.07, 6.45) is 10.9. The largest absolute Gasteiger partial charge is 0.494 e. The fourth-order valence-electron chi connectivity index (χ4n) is 5.32. The summed E-state index contributed by atoms with van der Waals surface area (Å²) in [4.78, 5) is 15.9. The van der Waals surface area contributed by atoms with Crippen LogP contribution in [0.2, 0.25) is 0 Å². The molecular formula is C31H42N2O2S. The third-order valence-corrected chi connectivity index (χ3v) is 8.49. The van der Waals surface area contributed by atoms with Gasteiger partial charge in [0.2, 0.25) is 0 Å². The highest BCUT2D eigenvalue weighted by molar-refractivity contribution is 7.22. The SMILES string of the molecule is CCCCCCOc1ccc(C(=O)c2ccc3sc(N)c(C4CCN(CCCCC)CC4)c3c2)cc1. The lowest BCUT2D eigenvalue weighted by atomic mass is 9.87. The summed E-state index contributed by atoms with van der Waals surface area (Å²) in [6, 6.07) is 13.7. The van der Waals surface area contributed by atoms with Crippen LogP contribution in [-0.4, -0.2) is 36.9 Å². The average molecular weight is 507 g/mol. The Morgan fingerprint density at radius 2 is 1.64 bits per heavy atom. The van der Waals surface area contributed by atoms with Gasteiger partial charge in [-0.3, -0.25) is 4.79 Å². The molecule has 0 aliphatic carbocycles. The van der Waals surface area contributed by atoms with Gasteiger partial charge in [0, 0.05) is 15.8 Å². The third-order valence-electron chi connectivity index (χ3n) is 7.47. The van der Waals surface area contributed by atoms with Crippen molar-refractivity contribution in [1.82, 2.24) is 4.90 Å². The van der Waals surface area contributed by atoms with Crippen LogP contribution in [0.5, 0.6) is 5.75 Å². The van der Waals surface area contributed by atoms with Crippen molar-refractivity contribution in [3.05, 3.63) is 59.2 Å². The van der Waals surface area contributed by atoms with E-state index in [1.807, 2.05) is 30.3 Å². The number of nitrogens with two attached hydrogens (primary N) is 1. The van der Waals surface area contributed by atoms with E-state index in [-0.39, 0.29) is 5.78 Å². The van der Waals surface area contributed by atoms with E-state index in [0.717, 1.165) is 55.3 Å². The van der Waals surface area contributed by atoms with Crippen molar-refractivity contribution in [2.24, 2.45) is 0 Å². The second-order valence-electron chi connectivity index (χ2n) is 10.2. The molecule has 1 aromatic heterocycles. The number of hydrogen-bond donors (Lipinski definition) is 1. The minimum atomic E-state index is 0.0489. The Balaban J connectivity index is 1.43. The summed E-state index contributed by atoms with van der Waals surface area (Å²) in [5.74, 6) is 1.35. The number of thiophene rings is 1. The maximum absolute atomic E-state index is 13.3. The molecule has 1 saturated heterocycles. The number of rotatable bonds is 13. The van der Waals surface area contributed by atoms with Crippen LogP contribution in [0.15, 0.2) is 42.5 Å². The highest BCUT2D eigenvalue weighted by Crippen LogP contribution is 2.42. The number of likely N-dealkylation sites (tertiary alicyclic amines) is 1. The number of carbonyl (C=O) groups is 1. The minimum absolute atomic E-state index is 0.0489. The number of nitrogens with zero attached hydrogens (tertiary/aromatic N) is 1. The number of anilines is 1. The van der Waals surface area contributed by atoms with E-state index in [1.54, 1.807) is 11.3 Å². The van der Waals surface area contributed by atoms with Gasteiger partial charge in [0.05, 0.1) is 11.6 Å². The lowest BCUT2D eigenvalue weighted by molar-refractivity contribution is 0.103. The van der Waals surface area contributed by atoms with E-state index >= 15 is 0 Å². The minimum Gasteiger partial charge on any atom is -0.494 e. The van der Waals surface area contributed by atoms with Gasteiger partial charge in [-0.05, 0) is 105 Å². The Morgan fingerprint density at radius 3 is 2.36 bits per heavy atom. The molecule has 4 nitrogen and oxygen atoms in total. The molecule has 1 aliphatic heterocycles. The second kappa shape index (κ2) is 13.3. The molecular weight excluding hydrogens is 464 g/mol. The Labute approximate surface area is 220 Å². The average Bonchev–Trinajstić information content (AvgIpc) is 3.24. The fourth-order valence-corrected chi connectivity index (χ4v) is 6.36. The van der Waals surface area contributed by atoms with Gasteiger partial charge in [-0.15, -0.1) is 11.3 Å². The Hall–Kier alpha value is -2.37. The van der Waals surface area contributed by atoms with Crippen LogP contribution in [0.1, 0.15) is 99.0 Å². The van der Waals surface area contributed by atoms with Gasteiger partial charge >= 0.3 is 0 Å². The first-order valence-corrected chi connectivity index (χ1v) is 14.7. The lowest BCUT2D eigenvalue weighted by Crippen LogP contribution is -2.33. The van der Waals surface area contributed by atoms with Crippen molar-refractivity contribution in [2.45, 2.75) is 77.6 Å². The predicted molar refractivity (Wildman–Crippen MR) is 154 cm³/mol. The normalized spacial score (nSPS) is 14.9. The third kappa shape index (κ3) is 6.68. The molecule has 0 radical (unpaired) electrons. The molecule has 36 heavy (non-hydrogen) atoms. The first-order chi connectivity index (χ1) is 17.6. The summed E-state index contributed by atoms with van der Waals surface area (Å²) >= 11 is 1.66. The highest BCUT2D eigenvalue weighted by Gasteiger charge is 2.25. The van der Waals surface area contributed by atoms with Crippen molar-refractivity contribution in [3.8, 4) is 5.75 Å². The number of ketones is 1. The highest BCUT2D eigenvalue weighted by atomic mass is 32.1. The molecule has 0 spiro atoms. The summed E-state index contributed by atoms with van der Waals surface area (Å²) in [5, 5.41) is 2.08. The predicted octanol–water partition coefficient (Wildman–Crippen LogP) is 8.04. The number of benzene rings is 2. The molecule has 0 unspecified atom stereocenters. The fraction of sp³-hybridized carbons (Fsp3) is 0.516. The van der Waals surface area contributed by atoms with Crippen molar-refractivity contribution in [3.63, 3.8) is 0 Å². The van der Waals surface area contributed by atoms with Gasteiger partial charge in [-0.1, -0.05) is 46.0 Å². The molecule has 194 valence electrons. The molecule has 0 atom stereocenters. The zero-order chi connectivity index (χ0) is 25.3. The zero-order valence-electron chi connectivity index (χ0n) is 22.1. The van der Waals surface area contributed by atoms with E-state index in [2.05, 4.69) is 30.9 Å². The number of nitrogen functional groups attached to an aromatic ring is 1. The van der Waals surface area contributed by atoms with Gasteiger partial charge in [0.15, 0.2) is 5.78 Å². The van der Waals surface area contributed by atoms with Crippen LogP contribution in [0, 0.1) is 0 Å². The topological polar surface area (TPSA) is 55.6 Å². The molecule has 0 saturated carbocycles. The number of ether oxygens (including phenoxy) is 1. The Morgan fingerprint density at radius 1 is 0.944 bits per heavy atom. The monoisotopic (exact) mass is 506 g/mol. The Bertz CT molecular complexity index is 1110. The molecule has 1 fully saturated rings. The maximum atomic E-state index is 13.3. The standard InChI is InChI=1S/C31H42N2O2S/c1-3-5-7-9-21-35-26-13-10-24(11-14-26)30(34)25-12-15-28-27(22-25)29(31(32)36-28)23-16-19-33(20-17-23)18-8-6-4-2/h10-15,22-23H,3-9,16-21,32H2,1-2H3. The van der Waals surface area contributed by atoms with E-state index in [9.17, 15) is 4.79 Å². The number of unbranched alkanes of at least 4 members (excludes halogenated alkanes) is 5. The van der Waals surface area contributed by atoms with Crippen LogP contribution < -0.4 is 10.5 Å². The van der Waals surface area contributed by atoms with Gasteiger partial charge in [-0.2, -0.15) is 0 Å².